The number of benzene rings is 1. The lowest BCUT2D eigenvalue weighted by Gasteiger charge is -2.36. The highest BCUT2D eigenvalue weighted by molar-refractivity contribution is 14.0. The second kappa shape index (κ2) is 13.0. The quantitative estimate of drug-likeness (QED) is 0.228. The van der Waals surface area contributed by atoms with Gasteiger partial charge in [0, 0.05) is 63.3 Å². The van der Waals surface area contributed by atoms with E-state index in [1.807, 2.05) is 11.7 Å². The van der Waals surface area contributed by atoms with Crippen LogP contribution in [0.2, 0.25) is 0 Å². The topological polar surface area (TPSA) is 60.7 Å². The third kappa shape index (κ3) is 7.37. The third-order valence-corrected chi connectivity index (χ3v) is 6.08. The minimum atomic E-state index is 0. The Morgan fingerprint density at radius 3 is 2.47 bits per heavy atom. The molecule has 1 saturated heterocycles. The number of nitrogens with zero attached hydrogens (tertiary/aromatic N) is 5. The number of aliphatic imine (C=N–C) groups is 1. The van der Waals surface area contributed by atoms with Gasteiger partial charge in [-0.05, 0) is 58.4 Å². The molecule has 1 aromatic carbocycles. The van der Waals surface area contributed by atoms with Gasteiger partial charge in [-0.3, -0.25) is 9.58 Å². The van der Waals surface area contributed by atoms with Gasteiger partial charge < -0.3 is 15.5 Å². The van der Waals surface area contributed by atoms with Crippen LogP contribution < -0.4 is 15.5 Å². The van der Waals surface area contributed by atoms with Crippen molar-refractivity contribution in [3.63, 3.8) is 0 Å². The van der Waals surface area contributed by atoms with Crippen LogP contribution in [0.25, 0.3) is 0 Å². The molecule has 3 rings (SSSR count). The van der Waals surface area contributed by atoms with Gasteiger partial charge in [-0.15, -0.1) is 24.0 Å². The van der Waals surface area contributed by atoms with E-state index < -0.39 is 0 Å². The van der Waals surface area contributed by atoms with E-state index in [4.69, 9.17) is 4.99 Å². The number of aromatic nitrogens is 2. The number of hydrogen-bond donors (Lipinski definition) is 2. The number of piperazine rings is 1. The van der Waals surface area contributed by atoms with Crippen molar-refractivity contribution < 1.29 is 0 Å². The highest BCUT2D eigenvalue weighted by atomic mass is 127. The minimum absolute atomic E-state index is 0. The molecule has 7 nitrogen and oxygen atoms in total. The molecular weight excluding hydrogens is 513 g/mol. The fraction of sp³-hybridized carbons (Fsp3) is 0.583. The number of guanidine groups is 1. The molecule has 0 amide bonds. The zero-order valence-electron chi connectivity index (χ0n) is 20.3. The summed E-state index contributed by atoms with van der Waals surface area (Å²) >= 11 is 0. The molecule has 0 atom stereocenters. The van der Waals surface area contributed by atoms with Crippen LogP contribution in [0.15, 0.2) is 29.3 Å². The van der Waals surface area contributed by atoms with Gasteiger partial charge in [0.1, 0.15) is 0 Å². The summed E-state index contributed by atoms with van der Waals surface area (Å²) in [6.07, 6.45) is 1.11. The predicted octanol–water partition coefficient (Wildman–Crippen LogP) is 3.23. The molecule has 2 aromatic rings. The molecule has 2 heterocycles. The van der Waals surface area contributed by atoms with Crippen molar-refractivity contribution in [2.24, 2.45) is 12.0 Å². The summed E-state index contributed by atoms with van der Waals surface area (Å²) in [6, 6.07) is 8.83. The summed E-state index contributed by atoms with van der Waals surface area (Å²) in [5.74, 6) is 0.884. The summed E-state index contributed by atoms with van der Waals surface area (Å²) in [5.41, 5.74) is 6.14. The highest BCUT2D eigenvalue weighted by Gasteiger charge is 2.16. The maximum absolute atomic E-state index is 4.77. The molecular formula is C24H40IN7. The monoisotopic (exact) mass is 553 g/mol. The van der Waals surface area contributed by atoms with Crippen molar-refractivity contribution in [3.05, 3.63) is 46.8 Å². The van der Waals surface area contributed by atoms with Crippen LogP contribution >= 0.6 is 24.0 Å². The highest BCUT2D eigenvalue weighted by Crippen LogP contribution is 2.17. The van der Waals surface area contributed by atoms with Gasteiger partial charge in [-0.2, -0.15) is 5.10 Å². The summed E-state index contributed by atoms with van der Waals surface area (Å²) in [6.45, 7) is 16.4. The van der Waals surface area contributed by atoms with Crippen molar-refractivity contribution in [1.29, 1.82) is 0 Å². The van der Waals surface area contributed by atoms with Gasteiger partial charge in [0.25, 0.3) is 0 Å². The lowest BCUT2D eigenvalue weighted by Crippen LogP contribution is -2.47. The molecule has 0 spiro atoms. The molecule has 178 valence electrons. The fourth-order valence-electron chi connectivity index (χ4n) is 4.11. The first-order chi connectivity index (χ1) is 15.0. The largest absolute Gasteiger partial charge is 0.369 e. The van der Waals surface area contributed by atoms with Gasteiger partial charge in [0.15, 0.2) is 5.96 Å². The van der Waals surface area contributed by atoms with Gasteiger partial charge in [-0.1, -0.05) is 12.1 Å². The lowest BCUT2D eigenvalue weighted by molar-refractivity contribution is 0.255. The summed E-state index contributed by atoms with van der Waals surface area (Å²) in [7, 11) is 1.99. The zero-order chi connectivity index (χ0) is 22.2. The smallest absolute Gasteiger partial charge is 0.191 e. The molecule has 1 aliphatic rings. The Morgan fingerprint density at radius 1 is 1.09 bits per heavy atom. The number of halogens is 1. The zero-order valence-corrected chi connectivity index (χ0v) is 22.6. The van der Waals surface area contributed by atoms with E-state index in [-0.39, 0.29) is 24.0 Å². The molecule has 0 saturated carbocycles. The van der Waals surface area contributed by atoms with Crippen LogP contribution in [-0.2, 0) is 13.6 Å². The average molecular weight is 554 g/mol. The normalized spacial score (nSPS) is 14.9. The van der Waals surface area contributed by atoms with E-state index in [1.54, 1.807) is 0 Å². The fourth-order valence-corrected chi connectivity index (χ4v) is 4.11. The van der Waals surface area contributed by atoms with Crippen LogP contribution in [0.4, 0.5) is 5.69 Å². The van der Waals surface area contributed by atoms with Gasteiger partial charge >= 0.3 is 0 Å². The van der Waals surface area contributed by atoms with E-state index in [0.717, 1.165) is 63.9 Å². The van der Waals surface area contributed by atoms with E-state index >= 15 is 0 Å². The molecule has 0 unspecified atom stereocenters. The maximum atomic E-state index is 4.77. The van der Waals surface area contributed by atoms with E-state index in [1.165, 1.54) is 22.5 Å². The van der Waals surface area contributed by atoms with Crippen LogP contribution in [0.5, 0.6) is 0 Å². The first-order valence-corrected chi connectivity index (χ1v) is 11.5. The standard InChI is InChI=1S/C24H39N7.HI/c1-6-25-24(27-18-23-20(3)28-29(5)21(23)4)26-11-8-12-30-13-15-31(16-14-30)22-10-7-9-19(2)17-22;/h7,9-10,17H,6,8,11-16,18H2,1-5H3,(H2,25,26,27);1H. The van der Waals surface area contributed by atoms with Crippen molar-refractivity contribution in [2.75, 3.05) is 50.7 Å². The third-order valence-electron chi connectivity index (χ3n) is 6.08. The van der Waals surface area contributed by atoms with E-state index in [0.29, 0.717) is 6.54 Å². The van der Waals surface area contributed by atoms with Crippen molar-refractivity contribution in [2.45, 2.75) is 40.7 Å². The predicted molar refractivity (Wildman–Crippen MR) is 145 cm³/mol. The van der Waals surface area contributed by atoms with Crippen LogP contribution in [0, 0.1) is 20.8 Å². The molecule has 8 heteroatoms. The van der Waals surface area contributed by atoms with Gasteiger partial charge in [0.2, 0.25) is 0 Å². The molecule has 2 N–H and O–H groups in total. The molecule has 1 aromatic heterocycles. The van der Waals surface area contributed by atoms with Crippen LogP contribution in [0.1, 0.15) is 35.9 Å². The molecule has 1 fully saturated rings. The Morgan fingerprint density at radius 2 is 1.84 bits per heavy atom. The van der Waals surface area contributed by atoms with Crippen molar-refractivity contribution in [1.82, 2.24) is 25.3 Å². The second-order valence-corrected chi connectivity index (χ2v) is 8.42. The Hall–Kier alpha value is -1.81. The van der Waals surface area contributed by atoms with E-state index in [9.17, 15) is 0 Å². The van der Waals surface area contributed by atoms with E-state index in [2.05, 4.69) is 77.5 Å². The Labute approximate surface area is 210 Å². The van der Waals surface area contributed by atoms with Crippen molar-refractivity contribution >= 4 is 35.6 Å². The summed E-state index contributed by atoms with van der Waals surface area (Å²) in [4.78, 5) is 9.84. The number of aryl methyl sites for hydroxylation is 3. The number of anilines is 1. The SMILES string of the molecule is CCNC(=NCc1c(C)nn(C)c1C)NCCCN1CCN(c2cccc(C)c2)CC1.I. The average Bonchev–Trinajstić information content (AvgIpc) is 3.00. The van der Waals surface area contributed by atoms with Gasteiger partial charge in [0.05, 0.1) is 12.2 Å². The number of rotatable bonds is 8. The Balaban J connectivity index is 0.00000363. The minimum Gasteiger partial charge on any atom is -0.369 e. The molecule has 0 radical (unpaired) electrons. The van der Waals surface area contributed by atoms with Crippen molar-refractivity contribution in [3.8, 4) is 0 Å². The first-order valence-electron chi connectivity index (χ1n) is 11.5. The molecule has 32 heavy (non-hydrogen) atoms. The summed E-state index contributed by atoms with van der Waals surface area (Å²) in [5, 5.41) is 11.3. The molecule has 1 aliphatic heterocycles. The summed E-state index contributed by atoms with van der Waals surface area (Å²) < 4.78 is 1.93. The first kappa shape index (κ1) is 26.4. The maximum Gasteiger partial charge on any atom is 0.191 e. The van der Waals surface area contributed by atoms with Crippen LogP contribution in [-0.4, -0.2) is 66.5 Å². The number of nitrogens with one attached hydrogen (secondary N) is 2. The van der Waals surface area contributed by atoms with Crippen LogP contribution in [0.3, 0.4) is 0 Å². The van der Waals surface area contributed by atoms with Gasteiger partial charge in [-0.25, -0.2) is 4.99 Å². The number of hydrogen-bond acceptors (Lipinski definition) is 4. The Bertz CT molecular complexity index is 869. The Kier molecular flexibility index (Phi) is 10.8. The second-order valence-electron chi connectivity index (χ2n) is 8.42. The molecule has 0 bridgehead atoms. The molecule has 0 aliphatic carbocycles. The lowest BCUT2D eigenvalue weighted by atomic mass is 10.2.